The summed E-state index contributed by atoms with van der Waals surface area (Å²) in [7, 11) is -0.401. The highest BCUT2D eigenvalue weighted by Crippen LogP contribution is 2.28. The number of fused-ring (bicyclic) bond motifs is 1. The number of benzene rings is 1. The lowest BCUT2D eigenvalue weighted by molar-refractivity contribution is 0.212. The zero-order valence-electron chi connectivity index (χ0n) is 9.14. The highest BCUT2D eigenvalue weighted by Gasteiger charge is 2.23. The molecule has 0 aromatic heterocycles. The molecule has 2 rings (SSSR count). The van der Waals surface area contributed by atoms with Crippen molar-refractivity contribution < 1.29 is 13.5 Å². The van der Waals surface area contributed by atoms with E-state index in [0.717, 1.165) is 11.3 Å². The van der Waals surface area contributed by atoms with Crippen LogP contribution in [-0.2, 0) is 16.4 Å². The summed E-state index contributed by atoms with van der Waals surface area (Å²) in [6.07, 6.45) is -0.182. The molecular formula is C10H14N2O3S. The zero-order chi connectivity index (χ0) is 11.9. The Morgan fingerprint density at radius 3 is 2.75 bits per heavy atom. The molecule has 0 saturated heterocycles. The molecule has 0 fully saturated rings. The first-order valence-corrected chi connectivity index (χ1v) is 6.35. The molecule has 2 N–H and O–H groups in total. The van der Waals surface area contributed by atoms with Crippen molar-refractivity contribution in [3.8, 4) is 0 Å². The molecule has 6 heteroatoms. The Hall–Kier alpha value is -1.11. The Kier molecular flexibility index (Phi) is 2.65. The van der Waals surface area contributed by atoms with Crippen LogP contribution in [0.3, 0.4) is 0 Å². The number of hydrogen-bond donors (Lipinski definition) is 2. The lowest BCUT2D eigenvalue weighted by atomic mass is 10.2. The molecule has 1 unspecified atom stereocenters. The van der Waals surface area contributed by atoms with Gasteiger partial charge in [-0.25, -0.2) is 12.7 Å². The van der Waals surface area contributed by atoms with Crippen molar-refractivity contribution >= 4 is 15.7 Å². The van der Waals surface area contributed by atoms with Crippen LogP contribution >= 0.6 is 0 Å². The van der Waals surface area contributed by atoms with Gasteiger partial charge in [-0.1, -0.05) is 0 Å². The Morgan fingerprint density at radius 2 is 2.12 bits per heavy atom. The third-order valence-electron chi connectivity index (χ3n) is 2.59. The van der Waals surface area contributed by atoms with Gasteiger partial charge in [0.05, 0.1) is 4.90 Å². The molecule has 16 heavy (non-hydrogen) atoms. The van der Waals surface area contributed by atoms with Crippen LogP contribution in [0.4, 0.5) is 5.69 Å². The Bertz CT molecular complexity index is 511. The molecule has 0 saturated carbocycles. The van der Waals surface area contributed by atoms with Gasteiger partial charge < -0.3 is 10.4 Å². The molecule has 0 spiro atoms. The van der Waals surface area contributed by atoms with Gasteiger partial charge in [-0.15, -0.1) is 0 Å². The van der Waals surface area contributed by atoms with Crippen LogP contribution in [0.1, 0.15) is 5.56 Å². The fraction of sp³-hybridized carbons (Fsp3) is 0.400. The largest absolute Gasteiger partial charge is 0.373 e. The standard InChI is InChI=1S/C10H14N2O3S/c1-12(2)16(14,15)8-3-4-9-7(5-8)6-10(13)11-9/h3-5,10-11,13H,6H2,1-2H3. The highest BCUT2D eigenvalue weighted by atomic mass is 32.2. The second-order valence-corrected chi connectivity index (χ2v) is 6.12. The van der Waals surface area contributed by atoms with E-state index >= 15 is 0 Å². The van der Waals surface area contributed by atoms with Crippen LogP contribution in [0.2, 0.25) is 0 Å². The van der Waals surface area contributed by atoms with E-state index < -0.39 is 16.3 Å². The molecule has 88 valence electrons. The van der Waals surface area contributed by atoms with Crippen molar-refractivity contribution in [2.24, 2.45) is 0 Å². The van der Waals surface area contributed by atoms with Gasteiger partial charge in [-0.3, -0.25) is 0 Å². The van der Waals surface area contributed by atoms with Gasteiger partial charge in [-0.05, 0) is 23.8 Å². The van der Waals surface area contributed by atoms with E-state index in [1.165, 1.54) is 18.4 Å². The molecule has 0 amide bonds. The normalized spacial score (nSPS) is 19.6. The number of nitrogens with one attached hydrogen (secondary N) is 1. The minimum Gasteiger partial charge on any atom is -0.373 e. The van der Waals surface area contributed by atoms with Gasteiger partial charge in [0.25, 0.3) is 0 Å². The Morgan fingerprint density at radius 1 is 1.44 bits per heavy atom. The zero-order valence-corrected chi connectivity index (χ0v) is 9.95. The fourth-order valence-corrected chi connectivity index (χ4v) is 2.64. The summed E-state index contributed by atoms with van der Waals surface area (Å²) in [5.41, 5.74) is 1.63. The SMILES string of the molecule is CN(C)S(=O)(=O)c1ccc2c(c1)CC(O)N2. The second-order valence-electron chi connectivity index (χ2n) is 3.97. The van der Waals surface area contributed by atoms with Crippen LogP contribution in [-0.4, -0.2) is 38.2 Å². The fourth-order valence-electron chi connectivity index (χ4n) is 1.69. The molecular weight excluding hydrogens is 228 g/mol. The summed E-state index contributed by atoms with van der Waals surface area (Å²) < 4.78 is 24.9. The van der Waals surface area contributed by atoms with Crippen molar-refractivity contribution in [1.29, 1.82) is 0 Å². The molecule has 1 heterocycles. The third kappa shape index (κ3) is 1.79. The van der Waals surface area contributed by atoms with E-state index in [1.807, 2.05) is 0 Å². The molecule has 1 aliphatic rings. The lowest BCUT2D eigenvalue weighted by Crippen LogP contribution is -2.22. The summed E-state index contributed by atoms with van der Waals surface area (Å²) in [5.74, 6) is 0. The van der Waals surface area contributed by atoms with E-state index in [4.69, 9.17) is 0 Å². The number of hydrogen-bond acceptors (Lipinski definition) is 4. The van der Waals surface area contributed by atoms with E-state index in [9.17, 15) is 13.5 Å². The average Bonchev–Trinajstić information content (AvgIpc) is 2.56. The maximum atomic E-state index is 11.9. The van der Waals surface area contributed by atoms with E-state index in [2.05, 4.69) is 5.32 Å². The average molecular weight is 242 g/mol. The number of rotatable bonds is 2. The van der Waals surface area contributed by atoms with Gasteiger partial charge >= 0.3 is 0 Å². The minimum atomic E-state index is -3.39. The number of nitrogens with zero attached hydrogens (tertiary/aromatic N) is 1. The van der Waals surface area contributed by atoms with Gasteiger partial charge in [0.15, 0.2) is 0 Å². The van der Waals surface area contributed by atoms with Gasteiger partial charge in [0.2, 0.25) is 10.0 Å². The van der Waals surface area contributed by atoms with Crippen molar-refractivity contribution in [2.75, 3.05) is 19.4 Å². The Labute approximate surface area is 94.8 Å². The molecule has 5 nitrogen and oxygen atoms in total. The lowest BCUT2D eigenvalue weighted by Gasteiger charge is -2.12. The number of aliphatic hydroxyl groups is 1. The molecule has 0 bridgehead atoms. The van der Waals surface area contributed by atoms with Gasteiger partial charge in [-0.2, -0.15) is 0 Å². The number of anilines is 1. The number of aliphatic hydroxyl groups excluding tert-OH is 1. The molecule has 1 aromatic carbocycles. The summed E-state index contributed by atoms with van der Waals surface area (Å²) in [6.45, 7) is 0. The van der Waals surface area contributed by atoms with Crippen LogP contribution < -0.4 is 5.32 Å². The first-order chi connectivity index (χ1) is 7.41. The predicted molar refractivity (Wildman–Crippen MR) is 60.6 cm³/mol. The van der Waals surface area contributed by atoms with E-state index in [0.29, 0.717) is 6.42 Å². The quantitative estimate of drug-likeness (QED) is 0.778. The summed E-state index contributed by atoms with van der Waals surface area (Å²) in [4.78, 5) is 0.257. The molecule has 1 atom stereocenters. The first-order valence-electron chi connectivity index (χ1n) is 4.91. The van der Waals surface area contributed by atoms with Crippen LogP contribution in [0.5, 0.6) is 0 Å². The monoisotopic (exact) mass is 242 g/mol. The van der Waals surface area contributed by atoms with Crippen LogP contribution in [0.25, 0.3) is 0 Å². The topological polar surface area (TPSA) is 69.6 Å². The summed E-state index contributed by atoms with van der Waals surface area (Å²) in [5, 5.41) is 12.2. The van der Waals surface area contributed by atoms with E-state index in [1.54, 1.807) is 18.2 Å². The Balaban J connectivity index is 2.44. The maximum Gasteiger partial charge on any atom is 0.242 e. The predicted octanol–water partition coefficient (Wildman–Crippen LogP) is 0.223. The van der Waals surface area contributed by atoms with Crippen molar-refractivity contribution in [3.63, 3.8) is 0 Å². The van der Waals surface area contributed by atoms with Crippen molar-refractivity contribution in [1.82, 2.24) is 4.31 Å². The smallest absolute Gasteiger partial charge is 0.242 e. The molecule has 0 radical (unpaired) electrons. The molecule has 1 aliphatic heterocycles. The van der Waals surface area contributed by atoms with Crippen molar-refractivity contribution in [2.45, 2.75) is 17.5 Å². The molecule has 0 aliphatic carbocycles. The molecule has 1 aromatic rings. The number of sulfonamides is 1. The second kappa shape index (κ2) is 3.73. The maximum absolute atomic E-state index is 11.9. The first kappa shape index (κ1) is 11.4. The van der Waals surface area contributed by atoms with Crippen LogP contribution in [0.15, 0.2) is 23.1 Å². The van der Waals surface area contributed by atoms with E-state index in [-0.39, 0.29) is 4.90 Å². The summed E-state index contributed by atoms with van der Waals surface area (Å²) in [6, 6.07) is 4.83. The van der Waals surface area contributed by atoms with Crippen molar-refractivity contribution in [3.05, 3.63) is 23.8 Å². The van der Waals surface area contributed by atoms with Gasteiger partial charge in [0.1, 0.15) is 6.23 Å². The van der Waals surface area contributed by atoms with Crippen LogP contribution in [0, 0.1) is 0 Å². The minimum absolute atomic E-state index is 0.257. The highest BCUT2D eigenvalue weighted by molar-refractivity contribution is 7.89. The third-order valence-corrected chi connectivity index (χ3v) is 4.40. The van der Waals surface area contributed by atoms with Gasteiger partial charge in [0, 0.05) is 26.2 Å². The summed E-state index contributed by atoms with van der Waals surface area (Å²) >= 11 is 0.